The summed E-state index contributed by atoms with van der Waals surface area (Å²) >= 11 is 0. The highest BCUT2D eigenvalue weighted by Gasteiger charge is 2.40. The number of para-hydroxylation sites is 1. The maximum Gasteiger partial charge on any atom is 0.223 e. The van der Waals surface area contributed by atoms with E-state index in [1.165, 1.54) is 6.42 Å². The highest BCUT2D eigenvalue weighted by Crippen LogP contribution is 2.35. The van der Waals surface area contributed by atoms with E-state index >= 15 is 0 Å². The van der Waals surface area contributed by atoms with Crippen LogP contribution in [0.5, 0.6) is 0 Å². The third kappa shape index (κ3) is 1.64. The smallest absolute Gasteiger partial charge is 0.223 e. The molecule has 1 aromatic carbocycles. The topological polar surface area (TPSA) is 47.0 Å². The molecule has 4 rings (SSSR count). The van der Waals surface area contributed by atoms with Gasteiger partial charge < -0.3 is 10.1 Å². The average molecular weight is 241 g/mol. The van der Waals surface area contributed by atoms with Crippen LogP contribution in [0.25, 0.3) is 10.9 Å². The van der Waals surface area contributed by atoms with Gasteiger partial charge in [0.25, 0.3) is 0 Å². The number of hydrogen-bond donors (Lipinski definition) is 1. The third-order valence-electron chi connectivity index (χ3n) is 3.91. The first-order valence-electron chi connectivity index (χ1n) is 6.52. The van der Waals surface area contributed by atoms with Crippen LogP contribution in [0, 0.1) is 0 Å². The van der Waals surface area contributed by atoms with Crippen LogP contribution < -0.4 is 5.32 Å². The summed E-state index contributed by atoms with van der Waals surface area (Å²) in [5, 5.41) is 4.49. The highest BCUT2D eigenvalue weighted by molar-refractivity contribution is 5.78. The zero-order chi connectivity index (χ0) is 11.9. The van der Waals surface area contributed by atoms with Crippen molar-refractivity contribution < 1.29 is 4.74 Å². The molecular weight excluding hydrogens is 226 g/mol. The fourth-order valence-electron chi connectivity index (χ4n) is 3.00. The maximum absolute atomic E-state index is 5.83. The Morgan fingerprint density at radius 1 is 1.22 bits per heavy atom. The van der Waals surface area contributed by atoms with Crippen molar-refractivity contribution in [1.82, 2.24) is 9.97 Å². The van der Waals surface area contributed by atoms with Crippen molar-refractivity contribution in [3.05, 3.63) is 30.5 Å². The SMILES string of the molecule is c1ccc2nc(NC3CC4CCC3O4)ncc2c1. The summed E-state index contributed by atoms with van der Waals surface area (Å²) in [4.78, 5) is 8.92. The molecule has 0 aliphatic carbocycles. The van der Waals surface area contributed by atoms with E-state index in [0.717, 1.165) is 29.7 Å². The van der Waals surface area contributed by atoms with E-state index < -0.39 is 0 Å². The van der Waals surface area contributed by atoms with E-state index in [-0.39, 0.29) is 0 Å². The Hall–Kier alpha value is -1.68. The summed E-state index contributed by atoms with van der Waals surface area (Å²) in [6.07, 6.45) is 6.13. The first-order chi connectivity index (χ1) is 8.88. The number of fused-ring (bicyclic) bond motifs is 3. The van der Waals surface area contributed by atoms with E-state index in [0.29, 0.717) is 18.2 Å². The van der Waals surface area contributed by atoms with Gasteiger partial charge in [0, 0.05) is 11.6 Å². The molecule has 0 saturated carbocycles. The largest absolute Gasteiger partial charge is 0.373 e. The summed E-state index contributed by atoms with van der Waals surface area (Å²) < 4.78 is 5.83. The van der Waals surface area contributed by atoms with E-state index in [9.17, 15) is 0 Å². The minimum atomic E-state index is 0.352. The first kappa shape index (κ1) is 10.3. The summed E-state index contributed by atoms with van der Waals surface area (Å²) in [6.45, 7) is 0. The van der Waals surface area contributed by atoms with Crippen LogP contribution in [0.4, 0.5) is 5.95 Å². The molecule has 92 valence electrons. The molecule has 18 heavy (non-hydrogen) atoms. The number of rotatable bonds is 2. The predicted octanol–water partition coefficient (Wildman–Crippen LogP) is 2.36. The molecule has 2 aliphatic heterocycles. The van der Waals surface area contributed by atoms with Crippen molar-refractivity contribution in [2.75, 3.05) is 5.32 Å². The molecule has 1 N–H and O–H groups in total. The van der Waals surface area contributed by atoms with Gasteiger partial charge in [0.15, 0.2) is 0 Å². The molecule has 2 fully saturated rings. The van der Waals surface area contributed by atoms with Crippen LogP contribution in [0.2, 0.25) is 0 Å². The number of nitrogens with one attached hydrogen (secondary N) is 1. The van der Waals surface area contributed by atoms with Crippen LogP contribution in [-0.2, 0) is 4.74 Å². The van der Waals surface area contributed by atoms with Gasteiger partial charge in [0.1, 0.15) is 0 Å². The monoisotopic (exact) mass is 241 g/mol. The van der Waals surface area contributed by atoms with Crippen LogP contribution in [-0.4, -0.2) is 28.2 Å². The maximum atomic E-state index is 5.83. The number of nitrogens with zero attached hydrogens (tertiary/aromatic N) is 2. The summed E-state index contributed by atoms with van der Waals surface area (Å²) in [5.74, 6) is 0.717. The van der Waals surface area contributed by atoms with Gasteiger partial charge >= 0.3 is 0 Å². The van der Waals surface area contributed by atoms with E-state index in [4.69, 9.17) is 4.74 Å². The lowest BCUT2D eigenvalue weighted by Crippen LogP contribution is -2.31. The molecule has 3 heterocycles. The molecule has 2 aliphatic rings. The summed E-state index contributed by atoms with van der Waals surface area (Å²) in [6, 6.07) is 8.42. The van der Waals surface area contributed by atoms with Gasteiger partial charge in [0.2, 0.25) is 5.95 Å². The van der Waals surface area contributed by atoms with Gasteiger partial charge in [-0.15, -0.1) is 0 Å². The lowest BCUT2D eigenvalue weighted by molar-refractivity contribution is 0.102. The number of benzene rings is 1. The second-order valence-electron chi connectivity index (χ2n) is 5.11. The first-order valence-corrected chi connectivity index (χ1v) is 6.52. The molecule has 0 amide bonds. The molecule has 3 unspecified atom stereocenters. The predicted molar refractivity (Wildman–Crippen MR) is 69.5 cm³/mol. The van der Waals surface area contributed by atoms with Crippen molar-refractivity contribution in [1.29, 1.82) is 0 Å². The molecule has 0 spiro atoms. The standard InChI is InChI=1S/C14H15N3O/c1-2-4-11-9(3-1)8-15-14(16-11)17-12-7-10-5-6-13(12)18-10/h1-4,8,10,12-13H,5-7H2,(H,15,16,17). The summed E-state index contributed by atoms with van der Waals surface area (Å²) in [7, 11) is 0. The zero-order valence-electron chi connectivity index (χ0n) is 10.0. The Bertz CT molecular complexity index is 586. The Labute approximate surface area is 105 Å². The van der Waals surface area contributed by atoms with Gasteiger partial charge in [0.05, 0.1) is 23.8 Å². The van der Waals surface area contributed by atoms with Crippen LogP contribution in [0.15, 0.2) is 30.5 Å². The number of anilines is 1. The van der Waals surface area contributed by atoms with Crippen molar-refractivity contribution in [3.63, 3.8) is 0 Å². The highest BCUT2D eigenvalue weighted by atomic mass is 16.5. The van der Waals surface area contributed by atoms with Crippen molar-refractivity contribution >= 4 is 16.9 Å². The minimum absolute atomic E-state index is 0.352. The molecule has 2 saturated heterocycles. The van der Waals surface area contributed by atoms with Crippen molar-refractivity contribution in [3.8, 4) is 0 Å². The lowest BCUT2D eigenvalue weighted by Gasteiger charge is -2.19. The third-order valence-corrected chi connectivity index (χ3v) is 3.91. The molecule has 2 aromatic rings. The van der Waals surface area contributed by atoms with E-state index in [1.54, 1.807) is 0 Å². The lowest BCUT2D eigenvalue weighted by atomic mass is 9.96. The van der Waals surface area contributed by atoms with Crippen molar-refractivity contribution in [2.24, 2.45) is 0 Å². The van der Waals surface area contributed by atoms with E-state index in [1.807, 2.05) is 30.5 Å². The second kappa shape index (κ2) is 3.92. The molecule has 1 aromatic heterocycles. The van der Waals surface area contributed by atoms with Gasteiger partial charge in [-0.2, -0.15) is 0 Å². The van der Waals surface area contributed by atoms with Gasteiger partial charge in [-0.1, -0.05) is 18.2 Å². The van der Waals surface area contributed by atoms with Gasteiger partial charge in [-0.3, -0.25) is 0 Å². The average Bonchev–Trinajstić information content (AvgIpc) is 3.01. The second-order valence-corrected chi connectivity index (χ2v) is 5.11. The number of aromatic nitrogens is 2. The summed E-state index contributed by atoms with van der Waals surface area (Å²) in [5.41, 5.74) is 0.985. The molecule has 4 heteroatoms. The van der Waals surface area contributed by atoms with Crippen LogP contribution >= 0.6 is 0 Å². The van der Waals surface area contributed by atoms with Crippen LogP contribution in [0.1, 0.15) is 19.3 Å². The Kier molecular flexibility index (Phi) is 2.23. The fourth-order valence-corrected chi connectivity index (χ4v) is 3.00. The Morgan fingerprint density at radius 3 is 3.00 bits per heavy atom. The Morgan fingerprint density at radius 2 is 2.17 bits per heavy atom. The van der Waals surface area contributed by atoms with Gasteiger partial charge in [-0.05, 0) is 25.3 Å². The number of hydrogen-bond acceptors (Lipinski definition) is 4. The van der Waals surface area contributed by atoms with E-state index in [2.05, 4.69) is 15.3 Å². The molecule has 2 bridgehead atoms. The molecule has 0 radical (unpaired) electrons. The normalized spacial score (nSPS) is 29.9. The minimum Gasteiger partial charge on any atom is -0.373 e. The molecule has 4 nitrogen and oxygen atoms in total. The fraction of sp³-hybridized carbons (Fsp3) is 0.429. The van der Waals surface area contributed by atoms with Crippen LogP contribution in [0.3, 0.4) is 0 Å². The van der Waals surface area contributed by atoms with Crippen molar-refractivity contribution in [2.45, 2.75) is 37.5 Å². The molecule has 3 atom stereocenters. The number of ether oxygens (including phenoxy) is 1. The quantitative estimate of drug-likeness (QED) is 0.876. The Balaban J connectivity index is 1.59. The van der Waals surface area contributed by atoms with Gasteiger partial charge in [-0.25, -0.2) is 9.97 Å². The zero-order valence-corrected chi connectivity index (χ0v) is 10.0. The molecular formula is C14H15N3O.